The molecule has 1 atom stereocenters. The van der Waals surface area contributed by atoms with E-state index in [0.29, 0.717) is 11.6 Å². The third-order valence-electron chi connectivity index (χ3n) is 3.12. The van der Waals surface area contributed by atoms with Gasteiger partial charge in [-0.05, 0) is 41.5 Å². The molecule has 2 aromatic rings. The average Bonchev–Trinajstić information content (AvgIpc) is 2.55. The molecule has 2 aromatic carbocycles. The molecule has 1 unspecified atom stereocenters. The van der Waals surface area contributed by atoms with E-state index < -0.39 is 12.1 Å². The quantitative estimate of drug-likeness (QED) is 0.760. The van der Waals surface area contributed by atoms with Crippen LogP contribution in [0.3, 0.4) is 0 Å². The minimum absolute atomic E-state index is 0.382. The first kappa shape index (κ1) is 16.3. The van der Waals surface area contributed by atoms with Gasteiger partial charge in [-0.3, -0.25) is 0 Å². The summed E-state index contributed by atoms with van der Waals surface area (Å²) in [4.78, 5) is 11.7. The van der Waals surface area contributed by atoms with Gasteiger partial charge in [-0.25, -0.2) is 4.79 Å². The maximum Gasteiger partial charge on any atom is 0.339 e. The lowest BCUT2D eigenvalue weighted by atomic mass is 10.1. The van der Waals surface area contributed by atoms with Crippen molar-refractivity contribution in [1.29, 1.82) is 0 Å². The molecule has 0 aromatic heterocycles. The molecule has 0 amide bonds. The second-order valence-electron chi connectivity index (χ2n) is 4.63. The van der Waals surface area contributed by atoms with Crippen LogP contribution in [-0.4, -0.2) is 20.2 Å². The first-order valence-electron chi connectivity index (χ1n) is 6.72. The molecule has 0 aliphatic heterocycles. The van der Waals surface area contributed by atoms with Crippen LogP contribution in [0.5, 0.6) is 5.75 Å². The summed E-state index contributed by atoms with van der Waals surface area (Å²) < 4.78 is 15.6. The number of methoxy groups -OCH3 is 2. The second kappa shape index (κ2) is 7.82. The largest absolute Gasteiger partial charge is 0.489 e. The third-order valence-corrected chi connectivity index (χ3v) is 3.38. The third kappa shape index (κ3) is 4.23. The molecule has 0 aliphatic rings. The Kier molecular flexibility index (Phi) is 5.81. The predicted octanol–water partition coefficient (Wildman–Crippen LogP) is 3.78. The number of esters is 1. The summed E-state index contributed by atoms with van der Waals surface area (Å²) in [5, 5.41) is 0.662. The first-order chi connectivity index (χ1) is 10.6. The fraction of sp³-hybridized carbons (Fsp3) is 0.235. The van der Waals surface area contributed by atoms with Gasteiger partial charge in [0.05, 0.1) is 7.11 Å². The van der Waals surface area contributed by atoms with E-state index in [1.54, 1.807) is 24.3 Å². The van der Waals surface area contributed by atoms with E-state index >= 15 is 0 Å². The van der Waals surface area contributed by atoms with Gasteiger partial charge in [-0.1, -0.05) is 29.8 Å². The summed E-state index contributed by atoms with van der Waals surface area (Å²) >= 11 is 5.83. The highest BCUT2D eigenvalue weighted by atomic mass is 35.5. The number of benzene rings is 2. The van der Waals surface area contributed by atoms with Crippen molar-refractivity contribution in [1.82, 2.24) is 0 Å². The number of ether oxygens (including phenoxy) is 3. The molecule has 0 fully saturated rings. The van der Waals surface area contributed by atoms with Crippen LogP contribution >= 0.6 is 11.6 Å². The Bertz CT molecular complexity index is 625. The molecular formula is C17H17ClO4. The molecule has 5 heteroatoms. The molecule has 0 saturated carbocycles. The average molecular weight is 321 g/mol. The van der Waals surface area contributed by atoms with E-state index in [9.17, 15) is 4.79 Å². The lowest BCUT2D eigenvalue weighted by Gasteiger charge is -2.14. The van der Waals surface area contributed by atoms with E-state index in [0.717, 1.165) is 16.9 Å². The van der Waals surface area contributed by atoms with Crippen molar-refractivity contribution in [2.75, 3.05) is 14.2 Å². The molecule has 0 spiro atoms. The summed E-state index contributed by atoms with van der Waals surface area (Å²) in [7, 11) is 2.81. The van der Waals surface area contributed by atoms with Crippen LogP contribution in [0.25, 0.3) is 0 Å². The topological polar surface area (TPSA) is 44.8 Å². The number of hydrogen-bond donors (Lipinski definition) is 0. The number of hydrogen-bond acceptors (Lipinski definition) is 4. The molecule has 2 rings (SSSR count). The van der Waals surface area contributed by atoms with Crippen molar-refractivity contribution in [3.8, 4) is 5.75 Å². The Labute approximate surface area is 134 Å². The van der Waals surface area contributed by atoms with Gasteiger partial charge in [-0.15, -0.1) is 0 Å². The zero-order valence-corrected chi connectivity index (χ0v) is 13.2. The number of rotatable bonds is 6. The normalized spacial score (nSPS) is 11.8. The lowest BCUT2D eigenvalue weighted by Crippen LogP contribution is -2.16. The van der Waals surface area contributed by atoms with Gasteiger partial charge >= 0.3 is 5.97 Å². The van der Waals surface area contributed by atoms with Crippen molar-refractivity contribution in [2.45, 2.75) is 12.7 Å². The zero-order chi connectivity index (χ0) is 15.9. The second-order valence-corrected chi connectivity index (χ2v) is 5.06. The van der Waals surface area contributed by atoms with Crippen LogP contribution in [0.2, 0.25) is 5.02 Å². The Morgan fingerprint density at radius 1 is 1.14 bits per heavy atom. The SMILES string of the molecule is COC(=O)C(OC)c1cccc(COc2ccc(Cl)cc2)c1. The molecule has 4 nitrogen and oxygen atoms in total. The Morgan fingerprint density at radius 2 is 1.86 bits per heavy atom. The first-order valence-corrected chi connectivity index (χ1v) is 7.09. The van der Waals surface area contributed by atoms with Gasteiger partial charge in [0.1, 0.15) is 12.4 Å². The summed E-state index contributed by atoms with van der Waals surface area (Å²) in [6, 6.07) is 14.6. The summed E-state index contributed by atoms with van der Waals surface area (Å²) in [5.41, 5.74) is 1.66. The standard InChI is InChI=1S/C17H17ClO4/c1-20-16(17(19)21-2)13-5-3-4-12(10-13)11-22-15-8-6-14(18)7-9-15/h3-10,16H,11H2,1-2H3. The molecule has 0 radical (unpaired) electrons. The van der Waals surface area contributed by atoms with Crippen LogP contribution in [0.15, 0.2) is 48.5 Å². The van der Waals surface area contributed by atoms with Crippen LogP contribution in [-0.2, 0) is 20.9 Å². The predicted molar refractivity (Wildman–Crippen MR) is 84.0 cm³/mol. The number of carbonyl (C=O) groups is 1. The van der Waals surface area contributed by atoms with Gasteiger partial charge < -0.3 is 14.2 Å². The maximum absolute atomic E-state index is 11.7. The fourth-order valence-corrected chi connectivity index (χ4v) is 2.14. The smallest absolute Gasteiger partial charge is 0.339 e. The van der Waals surface area contributed by atoms with Crippen molar-refractivity contribution < 1.29 is 19.0 Å². The van der Waals surface area contributed by atoms with Crippen molar-refractivity contribution in [3.63, 3.8) is 0 Å². The van der Waals surface area contributed by atoms with Gasteiger partial charge in [0.25, 0.3) is 0 Å². The van der Waals surface area contributed by atoms with Gasteiger partial charge in [-0.2, -0.15) is 0 Å². The minimum Gasteiger partial charge on any atom is -0.489 e. The van der Waals surface area contributed by atoms with Crippen LogP contribution < -0.4 is 4.74 Å². The van der Waals surface area contributed by atoms with Crippen LogP contribution in [0, 0.1) is 0 Å². The van der Waals surface area contributed by atoms with E-state index in [4.69, 9.17) is 25.8 Å². The summed E-state index contributed by atoms with van der Waals surface area (Å²) in [6.07, 6.45) is -0.736. The summed E-state index contributed by atoms with van der Waals surface area (Å²) in [6.45, 7) is 0.382. The van der Waals surface area contributed by atoms with Crippen molar-refractivity contribution in [3.05, 3.63) is 64.7 Å². The van der Waals surface area contributed by atoms with Crippen molar-refractivity contribution in [2.24, 2.45) is 0 Å². The Hall–Kier alpha value is -2.04. The molecule has 116 valence electrons. The number of halogens is 1. The van der Waals surface area contributed by atoms with E-state index in [-0.39, 0.29) is 0 Å². The molecular weight excluding hydrogens is 304 g/mol. The van der Waals surface area contributed by atoms with Gasteiger partial charge in [0.2, 0.25) is 0 Å². The lowest BCUT2D eigenvalue weighted by molar-refractivity contribution is -0.152. The monoisotopic (exact) mass is 320 g/mol. The van der Waals surface area contributed by atoms with E-state index in [2.05, 4.69) is 0 Å². The number of carbonyl (C=O) groups excluding carboxylic acids is 1. The maximum atomic E-state index is 11.7. The minimum atomic E-state index is -0.736. The Balaban J connectivity index is 2.07. The molecule has 0 saturated heterocycles. The van der Waals surface area contributed by atoms with E-state index in [1.165, 1.54) is 14.2 Å². The van der Waals surface area contributed by atoms with Crippen molar-refractivity contribution >= 4 is 17.6 Å². The fourth-order valence-electron chi connectivity index (χ4n) is 2.02. The highest BCUT2D eigenvalue weighted by Crippen LogP contribution is 2.21. The van der Waals surface area contributed by atoms with Gasteiger partial charge in [0, 0.05) is 12.1 Å². The van der Waals surface area contributed by atoms with Crippen LogP contribution in [0.1, 0.15) is 17.2 Å². The van der Waals surface area contributed by atoms with Gasteiger partial charge in [0.15, 0.2) is 6.10 Å². The Morgan fingerprint density at radius 3 is 2.50 bits per heavy atom. The molecule has 0 heterocycles. The zero-order valence-electron chi connectivity index (χ0n) is 12.4. The molecule has 0 bridgehead atoms. The molecule has 0 N–H and O–H groups in total. The van der Waals surface area contributed by atoms with E-state index in [1.807, 2.05) is 24.3 Å². The molecule has 0 aliphatic carbocycles. The highest BCUT2D eigenvalue weighted by molar-refractivity contribution is 6.30. The highest BCUT2D eigenvalue weighted by Gasteiger charge is 2.20. The molecule has 22 heavy (non-hydrogen) atoms. The summed E-state index contributed by atoms with van der Waals surface area (Å²) in [5.74, 6) is 0.296. The van der Waals surface area contributed by atoms with Crippen LogP contribution in [0.4, 0.5) is 0 Å².